The molecule has 0 saturated heterocycles. The highest BCUT2D eigenvalue weighted by Crippen LogP contribution is 2.26. The minimum Gasteiger partial charge on any atom is -0.507 e. The molecular formula is C14H12N2O7S. The van der Waals surface area contributed by atoms with Crippen LogP contribution in [0.4, 0.5) is 11.4 Å². The maximum atomic E-state index is 12.3. The molecule has 3 N–H and O–H groups in total. The lowest BCUT2D eigenvalue weighted by atomic mass is 10.2. The van der Waals surface area contributed by atoms with Gasteiger partial charge in [0.15, 0.2) is 0 Å². The van der Waals surface area contributed by atoms with E-state index in [0.717, 1.165) is 18.2 Å². The molecular weight excluding hydrogens is 340 g/mol. The molecule has 9 nitrogen and oxygen atoms in total. The number of aromatic hydroxyl groups is 1. The molecule has 0 heterocycles. The van der Waals surface area contributed by atoms with Gasteiger partial charge in [-0.1, -0.05) is 6.07 Å². The fraction of sp³-hybridized carbons (Fsp3) is 0.0714. The summed E-state index contributed by atoms with van der Waals surface area (Å²) in [5, 5.41) is 29.3. The highest BCUT2D eigenvalue weighted by atomic mass is 32.2. The van der Waals surface area contributed by atoms with E-state index in [2.05, 4.69) is 4.72 Å². The van der Waals surface area contributed by atoms with E-state index in [1.54, 1.807) is 0 Å². The summed E-state index contributed by atoms with van der Waals surface area (Å²) in [6.07, 6.45) is 0. The molecule has 0 aliphatic heterocycles. The topological polar surface area (TPSA) is 147 Å². The van der Waals surface area contributed by atoms with Crippen molar-refractivity contribution in [1.82, 2.24) is 0 Å². The number of anilines is 1. The molecule has 24 heavy (non-hydrogen) atoms. The van der Waals surface area contributed by atoms with Crippen LogP contribution in [0.15, 0.2) is 41.3 Å². The lowest BCUT2D eigenvalue weighted by Gasteiger charge is -2.10. The molecule has 0 aliphatic carbocycles. The first-order valence-electron chi connectivity index (χ1n) is 6.46. The number of aromatic carboxylic acids is 1. The Bertz CT molecular complexity index is 938. The SMILES string of the molecule is Cc1ccc(S(=O)(=O)Nc2ccc(O)c(C(=O)O)c2)cc1[N+](=O)[O-]. The van der Waals surface area contributed by atoms with E-state index < -0.39 is 32.2 Å². The number of benzene rings is 2. The Hall–Kier alpha value is -3.14. The van der Waals surface area contributed by atoms with E-state index >= 15 is 0 Å². The third-order valence-corrected chi connectivity index (χ3v) is 4.55. The van der Waals surface area contributed by atoms with Crippen molar-refractivity contribution < 1.29 is 28.3 Å². The second kappa shape index (κ2) is 6.16. The summed E-state index contributed by atoms with van der Waals surface area (Å²) in [6.45, 7) is 1.47. The Morgan fingerprint density at radius 1 is 1.21 bits per heavy atom. The molecule has 0 fully saturated rings. The van der Waals surface area contributed by atoms with Crippen LogP contribution in [0.3, 0.4) is 0 Å². The molecule has 2 aromatic carbocycles. The number of nitrogens with one attached hydrogen (secondary N) is 1. The lowest BCUT2D eigenvalue weighted by Crippen LogP contribution is -2.14. The molecule has 126 valence electrons. The van der Waals surface area contributed by atoms with Gasteiger partial charge in [-0.2, -0.15) is 0 Å². The van der Waals surface area contributed by atoms with Gasteiger partial charge >= 0.3 is 5.97 Å². The van der Waals surface area contributed by atoms with E-state index in [1.165, 1.54) is 25.1 Å². The monoisotopic (exact) mass is 352 g/mol. The summed E-state index contributed by atoms with van der Waals surface area (Å²) in [4.78, 5) is 20.8. The van der Waals surface area contributed by atoms with Crippen LogP contribution >= 0.6 is 0 Å². The van der Waals surface area contributed by atoms with Crippen LogP contribution in [0.2, 0.25) is 0 Å². The van der Waals surface area contributed by atoms with Gasteiger partial charge in [-0.25, -0.2) is 13.2 Å². The van der Waals surface area contributed by atoms with Gasteiger partial charge in [0.1, 0.15) is 11.3 Å². The van der Waals surface area contributed by atoms with Crippen molar-refractivity contribution in [2.45, 2.75) is 11.8 Å². The third-order valence-electron chi connectivity index (χ3n) is 3.17. The van der Waals surface area contributed by atoms with Crippen molar-refractivity contribution in [1.29, 1.82) is 0 Å². The van der Waals surface area contributed by atoms with Gasteiger partial charge in [0.05, 0.1) is 9.82 Å². The van der Waals surface area contributed by atoms with E-state index in [0.29, 0.717) is 5.56 Å². The molecule has 0 aliphatic rings. The predicted molar refractivity (Wildman–Crippen MR) is 83.7 cm³/mol. The van der Waals surface area contributed by atoms with Crippen LogP contribution in [-0.2, 0) is 10.0 Å². The number of sulfonamides is 1. The van der Waals surface area contributed by atoms with Crippen molar-refractivity contribution >= 4 is 27.4 Å². The Balaban J connectivity index is 2.42. The predicted octanol–water partition coefficient (Wildman–Crippen LogP) is 2.11. The minimum absolute atomic E-state index is 0.103. The number of carboxylic acids is 1. The van der Waals surface area contributed by atoms with Gasteiger partial charge in [0, 0.05) is 17.3 Å². The number of rotatable bonds is 5. The molecule has 0 saturated carbocycles. The van der Waals surface area contributed by atoms with Crippen LogP contribution in [0.1, 0.15) is 15.9 Å². The molecule has 0 atom stereocenters. The third kappa shape index (κ3) is 3.43. The van der Waals surface area contributed by atoms with Crippen molar-refractivity contribution in [3.63, 3.8) is 0 Å². The molecule has 0 amide bonds. The average Bonchev–Trinajstić information content (AvgIpc) is 2.48. The fourth-order valence-corrected chi connectivity index (χ4v) is 3.01. The molecule has 2 rings (SSSR count). The average molecular weight is 352 g/mol. The Morgan fingerprint density at radius 2 is 1.88 bits per heavy atom. The Labute approximate surface area is 136 Å². The summed E-state index contributed by atoms with van der Waals surface area (Å²) >= 11 is 0. The Kier molecular flexibility index (Phi) is 4.42. The highest BCUT2D eigenvalue weighted by Gasteiger charge is 2.21. The number of phenols is 1. The fourth-order valence-electron chi connectivity index (χ4n) is 1.94. The summed E-state index contributed by atoms with van der Waals surface area (Å²) in [6, 6.07) is 6.55. The molecule has 10 heteroatoms. The first-order chi connectivity index (χ1) is 11.1. The van der Waals surface area contributed by atoms with Crippen molar-refractivity contribution in [3.05, 3.63) is 57.6 Å². The molecule has 0 bridgehead atoms. The Morgan fingerprint density at radius 3 is 2.46 bits per heavy atom. The number of aryl methyl sites for hydroxylation is 1. The van der Waals surface area contributed by atoms with Crippen LogP contribution in [0.25, 0.3) is 0 Å². The number of nitrogens with zero attached hydrogens (tertiary/aromatic N) is 1. The van der Waals surface area contributed by atoms with Gasteiger partial charge < -0.3 is 10.2 Å². The number of hydrogen-bond donors (Lipinski definition) is 3. The maximum Gasteiger partial charge on any atom is 0.339 e. The molecule has 0 radical (unpaired) electrons. The summed E-state index contributed by atoms with van der Waals surface area (Å²) in [5.74, 6) is -1.95. The zero-order valence-electron chi connectivity index (χ0n) is 12.3. The van der Waals surface area contributed by atoms with Crippen LogP contribution in [0, 0.1) is 17.0 Å². The molecule has 0 aromatic heterocycles. The minimum atomic E-state index is -4.17. The normalized spacial score (nSPS) is 11.0. The molecule has 0 spiro atoms. The standard InChI is InChI=1S/C14H12N2O7S/c1-8-2-4-10(7-12(8)16(20)21)24(22,23)15-9-3-5-13(17)11(6-9)14(18)19/h2-7,15,17H,1H3,(H,18,19). The van der Waals surface area contributed by atoms with E-state index in [1.807, 2.05) is 0 Å². The zero-order valence-corrected chi connectivity index (χ0v) is 13.1. The van der Waals surface area contributed by atoms with Gasteiger partial charge in [-0.15, -0.1) is 0 Å². The first-order valence-corrected chi connectivity index (χ1v) is 7.94. The van der Waals surface area contributed by atoms with Gasteiger partial charge in [-0.3, -0.25) is 14.8 Å². The largest absolute Gasteiger partial charge is 0.507 e. The van der Waals surface area contributed by atoms with E-state index in [9.17, 15) is 28.4 Å². The van der Waals surface area contributed by atoms with E-state index in [4.69, 9.17) is 5.11 Å². The van der Waals surface area contributed by atoms with Gasteiger partial charge in [0.2, 0.25) is 0 Å². The van der Waals surface area contributed by atoms with E-state index in [-0.39, 0.29) is 16.3 Å². The smallest absolute Gasteiger partial charge is 0.339 e. The maximum absolute atomic E-state index is 12.3. The second-order valence-electron chi connectivity index (χ2n) is 4.85. The zero-order chi connectivity index (χ0) is 18.1. The number of carbonyl (C=O) groups is 1. The van der Waals surface area contributed by atoms with Crippen LogP contribution in [0.5, 0.6) is 5.75 Å². The number of carboxylic acid groups (broad SMARTS) is 1. The number of nitro benzene ring substituents is 1. The van der Waals surface area contributed by atoms with Crippen LogP contribution < -0.4 is 4.72 Å². The first kappa shape index (κ1) is 17.2. The number of nitro groups is 1. The van der Waals surface area contributed by atoms with Crippen molar-refractivity contribution in [2.24, 2.45) is 0 Å². The van der Waals surface area contributed by atoms with Crippen molar-refractivity contribution in [3.8, 4) is 5.75 Å². The van der Waals surface area contributed by atoms with Crippen LogP contribution in [-0.4, -0.2) is 29.5 Å². The summed E-state index contributed by atoms with van der Waals surface area (Å²) in [7, 11) is -4.17. The second-order valence-corrected chi connectivity index (χ2v) is 6.53. The molecule has 0 unspecified atom stereocenters. The lowest BCUT2D eigenvalue weighted by molar-refractivity contribution is -0.385. The van der Waals surface area contributed by atoms with Gasteiger partial charge in [-0.05, 0) is 31.2 Å². The summed E-state index contributed by atoms with van der Waals surface area (Å²) < 4.78 is 26.7. The highest BCUT2D eigenvalue weighted by molar-refractivity contribution is 7.92. The summed E-state index contributed by atoms with van der Waals surface area (Å²) in [5.41, 5.74) is -0.634. The number of hydrogen-bond acceptors (Lipinski definition) is 6. The molecule has 2 aromatic rings. The quantitative estimate of drug-likeness (QED) is 0.424. The van der Waals surface area contributed by atoms with Gasteiger partial charge in [0.25, 0.3) is 15.7 Å². The van der Waals surface area contributed by atoms with Crippen molar-refractivity contribution in [2.75, 3.05) is 4.72 Å².